The van der Waals surface area contributed by atoms with Crippen molar-refractivity contribution in [1.82, 2.24) is 4.98 Å². The molecule has 0 saturated heterocycles. The summed E-state index contributed by atoms with van der Waals surface area (Å²) in [5, 5.41) is 3.33. The number of fused-ring (bicyclic) bond motifs is 2. The Bertz CT molecular complexity index is 565. The summed E-state index contributed by atoms with van der Waals surface area (Å²) in [4.78, 5) is 17.6. The maximum Gasteiger partial charge on any atom is 0.227 e. The van der Waals surface area contributed by atoms with E-state index in [0.29, 0.717) is 0 Å². The van der Waals surface area contributed by atoms with E-state index in [9.17, 15) is 4.79 Å². The number of amides is 1. The molecule has 1 unspecified atom stereocenters. The highest BCUT2D eigenvalue weighted by atomic mass is 16.1. The van der Waals surface area contributed by atoms with Crippen molar-refractivity contribution >= 4 is 11.6 Å². The average Bonchev–Trinajstić information content (AvgIpc) is 3.00. The van der Waals surface area contributed by atoms with Gasteiger partial charge in [-0.3, -0.25) is 9.78 Å². The van der Waals surface area contributed by atoms with E-state index in [2.05, 4.69) is 19.2 Å². The smallest absolute Gasteiger partial charge is 0.227 e. The van der Waals surface area contributed by atoms with Crippen LogP contribution in [0, 0.1) is 5.92 Å². The maximum absolute atomic E-state index is 12.7. The SMILES string of the molecule is CCCC(CC)C(=O)Nc1c2c(nc3c1CCC3)CCCC2. The van der Waals surface area contributed by atoms with Gasteiger partial charge in [-0.1, -0.05) is 20.3 Å². The molecule has 1 amide bonds. The van der Waals surface area contributed by atoms with Gasteiger partial charge in [-0.15, -0.1) is 0 Å². The van der Waals surface area contributed by atoms with Crippen LogP contribution in [0.2, 0.25) is 0 Å². The lowest BCUT2D eigenvalue weighted by molar-refractivity contribution is -0.120. The fourth-order valence-corrected chi connectivity index (χ4v) is 3.99. The first kappa shape index (κ1) is 15.5. The number of carbonyl (C=O) groups excluding carboxylic acids is 1. The van der Waals surface area contributed by atoms with Crippen molar-refractivity contribution in [2.75, 3.05) is 5.32 Å². The summed E-state index contributed by atoms with van der Waals surface area (Å²) in [6.07, 6.45) is 10.9. The number of nitrogens with one attached hydrogen (secondary N) is 1. The maximum atomic E-state index is 12.7. The monoisotopic (exact) mass is 300 g/mol. The van der Waals surface area contributed by atoms with Gasteiger partial charge in [0.15, 0.2) is 0 Å². The van der Waals surface area contributed by atoms with E-state index in [0.717, 1.165) is 50.6 Å². The molecule has 0 aliphatic heterocycles. The summed E-state index contributed by atoms with van der Waals surface area (Å²) in [5.74, 6) is 0.367. The number of carbonyl (C=O) groups is 1. The van der Waals surface area contributed by atoms with E-state index in [1.807, 2.05) is 0 Å². The van der Waals surface area contributed by atoms with Crippen molar-refractivity contribution in [3.05, 3.63) is 22.5 Å². The first-order valence-electron chi connectivity index (χ1n) is 9.08. The van der Waals surface area contributed by atoms with E-state index in [1.54, 1.807) is 0 Å². The second-order valence-electron chi connectivity index (χ2n) is 6.78. The Morgan fingerprint density at radius 3 is 2.36 bits per heavy atom. The van der Waals surface area contributed by atoms with Gasteiger partial charge >= 0.3 is 0 Å². The summed E-state index contributed by atoms with van der Waals surface area (Å²) in [6.45, 7) is 4.27. The van der Waals surface area contributed by atoms with E-state index >= 15 is 0 Å². The zero-order valence-electron chi connectivity index (χ0n) is 14.0. The number of rotatable bonds is 5. The second-order valence-corrected chi connectivity index (χ2v) is 6.78. The Balaban J connectivity index is 1.92. The standard InChI is InChI=1S/C19H28N2O/c1-3-8-13(4-2)19(22)21-18-14-9-5-6-11-16(14)20-17-12-7-10-15(17)18/h13H,3-12H2,1-2H3,(H,20,21,22). The molecule has 0 aromatic carbocycles. The first-order chi connectivity index (χ1) is 10.7. The molecule has 120 valence electrons. The molecule has 3 rings (SSSR count). The first-order valence-corrected chi connectivity index (χ1v) is 9.08. The molecule has 0 radical (unpaired) electrons. The topological polar surface area (TPSA) is 42.0 Å². The number of aryl methyl sites for hydroxylation is 2. The Hall–Kier alpha value is -1.38. The minimum Gasteiger partial charge on any atom is -0.325 e. The summed E-state index contributed by atoms with van der Waals surface area (Å²) < 4.78 is 0. The number of aromatic nitrogens is 1. The molecule has 0 fully saturated rings. The Kier molecular flexibility index (Phi) is 4.80. The summed E-state index contributed by atoms with van der Waals surface area (Å²) in [5.41, 5.74) is 6.33. The van der Waals surface area contributed by atoms with Crippen LogP contribution < -0.4 is 5.32 Å². The average molecular weight is 300 g/mol. The van der Waals surface area contributed by atoms with Crippen LogP contribution in [-0.4, -0.2) is 10.9 Å². The van der Waals surface area contributed by atoms with Crippen LogP contribution in [0.3, 0.4) is 0 Å². The molecule has 3 heteroatoms. The van der Waals surface area contributed by atoms with Crippen molar-refractivity contribution in [1.29, 1.82) is 0 Å². The van der Waals surface area contributed by atoms with Gasteiger partial charge in [0, 0.05) is 17.3 Å². The molecule has 0 spiro atoms. The molecule has 0 bridgehead atoms. The minimum atomic E-state index is 0.148. The van der Waals surface area contributed by atoms with Gasteiger partial charge in [0.25, 0.3) is 0 Å². The summed E-state index contributed by atoms with van der Waals surface area (Å²) in [7, 11) is 0. The van der Waals surface area contributed by atoms with E-state index in [-0.39, 0.29) is 11.8 Å². The van der Waals surface area contributed by atoms with Crippen molar-refractivity contribution in [3.8, 4) is 0 Å². The van der Waals surface area contributed by atoms with Gasteiger partial charge in [-0.05, 0) is 68.9 Å². The van der Waals surface area contributed by atoms with Crippen LogP contribution in [0.5, 0.6) is 0 Å². The number of pyridine rings is 1. The van der Waals surface area contributed by atoms with Crippen LogP contribution in [0.15, 0.2) is 0 Å². The molecule has 0 saturated carbocycles. The van der Waals surface area contributed by atoms with Gasteiger partial charge in [0.1, 0.15) is 0 Å². The quantitative estimate of drug-likeness (QED) is 0.885. The molecule has 1 N–H and O–H groups in total. The molecule has 2 aliphatic rings. The highest BCUT2D eigenvalue weighted by Gasteiger charge is 2.26. The third-order valence-corrected chi connectivity index (χ3v) is 5.25. The normalized spacial score (nSPS) is 17.7. The fourth-order valence-electron chi connectivity index (χ4n) is 3.99. The molecule has 22 heavy (non-hydrogen) atoms. The summed E-state index contributed by atoms with van der Waals surface area (Å²) in [6, 6.07) is 0. The van der Waals surface area contributed by atoms with E-state index < -0.39 is 0 Å². The number of hydrogen-bond donors (Lipinski definition) is 1. The lowest BCUT2D eigenvalue weighted by Gasteiger charge is -2.23. The van der Waals surface area contributed by atoms with E-state index in [4.69, 9.17) is 4.98 Å². The predicted molar refractivity (Wildman–Crippen MR) is 90.2 cm³/mol. The van der Waals surface area contributed by atoms with Crippen molar-refractivity contribution in [2.24, 2.45) is 5.92 Å². The van der Waals surface area contributed by atoms with Crippen LogP contribution in [0.4, 0.5) is 5.69 Å². The van der Waals surface area contributed by atoms with Crippen LogP contribution >= 0.6 is 0 Å². The molecule has 1 heterocycles. The van der Waals surface area contributed by atoms with Crippen molar-refractivity contribution in [2.45, 2.75) is 78.1 Å². The fraction of sp³-hybridized carbons (Fsp3) is 0.684. The Morgan fingerprint density at radius 1 is 1.05 bits per heavy atom. The zero-order valence-corrected chi connectivity index (χ0v) is 14.0. The molecule has 3 nitrogen and oxygen atoms in total. The molecule has 1 atom stereocenters. The van der Waals surface area contributed by atoms with Gasteiger partial charge in [-0.2, -0.15) is 0 Å². The van der Waals surface area contributed by atoms with Gasteiger partial charge in [-0.25, -0.2) is 0 Å². The largest absolute Gasteiger partial charge is 0.325 e. The van der Waals surface area contributed by atoms with Crippen LogP contribution in [-0.2, 0) is 30.5 Å². The Morgan fingerprint density at radius 2 is 1.68 bits per heavy atom. The third-order valence-electron chi connectivity index (χ3n) is 5.25. The molecular formula is C19H28N2O. The van der Waals surface area contributed by atoms with Crippen molar-refractivity contribution in [3.63, 3.8) is 0 Å². The highest BCUT2D eigenvalue weighted by Crippen LogP contribution is 2.36. The van der Waals surface area contributed by atoms with Gasteiger partial charge in [0.05, 0.1) is 5.69 Å². The molecule has 2 aliphatic carbocycles. The third kappa shape index (κ3) is 2.90. The van der Waals surface area contributed by atoms with E-state index in [1.165, 1.54) is 41.8 Å². The summed E-state index contributed by atoms with van der Waals surface area (Å²) >= 11 is 0. The molecule has 1 aromatic rings. The van der Waals surface area contributed by atoms with Gasteiger partial charge < -0.3 is 5.32 Å². The number of hydrogen-bond acceptors (Lipinski definition) is 2. The van der Waals surface area contributed by atoms with Crippen LogP contribution in [0.1, 0.15) is 74.9 Å². The number of anilines is 1. The van der Waals surface area contributed by atoms with Gasteiger partial charge in [0.2, 0.25) is 5.91 Å². The molecular weight excluding hydrogens is 272 g/mol. The minimum absolute atomic E-state index is 0.148. The molecule has 1 aromatic heterocycles. The Labute approximate surface area is 133 Å². The van der Waals surface area contributed by atoms with Crippen molar-refractivity contribution < 1.29 is 4.79 Å². The zero-order chi connectivity index (χ0) is 15.5. The highest BCUT2D eigenvalue weighted by molar-refractivity contribution is 5.94. The lowest BCUT2D eigenvalue weighted by Crippen LogP contribution is -2.25. The predicted octanol–water partition coefficient (Wildman–Crippen LogP) is 4.21. The second kappa shape index (κ2) is 6.80. The lowest BCUT2D eigenvalue weighted by atomic mass is 9.91. The number of nitrogens with zero attached hydrogens (tertiary/aromatic N) is 1. The van der Waals surface area contributed by atoms with Crippen LogP contribution in [0.25, 0.3) is 0 Å².